The summed E-state index contributed by atoms with van der Waals surface area (Å²) in [6.07, 6.45) is 8.98. The summed E-state index contributed by atoms with van der Waals surface area (Å²) in [6.45, 7) is 15.0. The molecule has 0 radical (unpaired) electrons. The molecule has 0 saturated carbocycles. The molecule has 4 rings (SSSR count). The molecule has 224 valence electrons. The molecule has 1 N–H and O–H groups in total. The molecule has 1 aromatic rings. The van der Waals surface area contributed by atoms with Crippen LogP contribution in [0.25, 0.3) is 0 Å². The summed E-state index contributed by atoms with van der Waals surface area (Å²) in [4.78, 5) is 46.1. The Morgan fingerprint density at radius 3 is 2.66 bits per heavy atom. The second kappa shape index (κ2) is 13.6. The number of anilines is 1. The van der Waals surface area contributed by atoms with Crippen LogP contribution in [-0.2, 0) is 19.1 Å². The van der Waals surface area contributed by atoms with Crippen LogP contribution in [0.2, 0.25) is 0 Å². The Morgan fingerprint density at radius 2 is 1.95 bits per heavy atom. The Hall–Kier alpha value is -2.58. The van der Waals surface area contributed by atoms with Crippen molar-refractivity contribution in [2.75, 3.05) is 31.2 Å². The van der Waals surface area contributed by atoms with Gasteiger partial charge in [-0.2, -0.15) is 0 Å². The summed E-state index contributed by atoms with van der Waals surface area (Å²) < 4.78 is 5.05. The molecule has 3 heterocycles. The number of rotatable bonds is 15. The number of benzene rings is 1. The van der Waals surface area contributed by atoms with E-state index in [2.05, 4.69) is 20.1 Å². The van der Waals surface area contributed by atoms with Crippen LogP contribution < -0.4 is 4.90 Å². The average Bonchev–Trinajstić information content (AvgIpc) is 3.54. The third-order valence-electron chi connectivity index (χ3n) is 9.09. The zero-order valence-corrected chi connectivity index (χ0v) is 25.7. The second-order valence-electron chi connectivity index (χ2n) is 11.8. The molecule has 2 bridgehead atoms. The zero-order valence-electron chi connectivity index (χ0n) is 24.8. The topological polar surface area (TPSA) is 87.2 Å². The van der Waals surface area contributed by atoms with Crippen LogP contribution in [0.4, 0.5) is 5.69 Å². The minimum Gasteiger partial charge on any atom is -0.465 e. The monoisotopic (exact) mass is 582 g/mol. The van der Waals surface area contributed by atoms with Crippen molar-refractivity contribution in [3.05, 3.63) is 54.6 Å². The molecule has 1 spiro atoms. The Balaban J connectivity index is 1.70. The highest BCUT2D eigenvalue weighted by Crippen LogP contribution is 2.68. The molecule has 2 amide bonds. The number of esters is 1. The minimum atomic E-state index is -0.695. The number of hydrogen-bond acceptors (Lipinski definition) is 6. The predicted octanol–water partition coefficient (Wildman–Crippen LogP) is 5.22. The first kappa shape index (κ1) is 31.4. The molecular weight excluding hydrogens is 536 g/mol. The smallest absolute Gasteiger partial charge is 0.310 e. The van der Waals surface area contributed by atoms with Gasteiger partial charge in [-0.05, 0) is 81.9 Å². The number of carbonyl (C=O) groups excluding carboxylic acids is 3. The van der Waals surface area contributed by atoms with E-state index in [0.717, 1.165) is 48.9 Å². The molecule has 41 heavy (non-hydrogen) atoms. The van der Waals surface area contributed by atoms with E-state index in [1.54, 1.807) is 27.6 Å². The molecule has 3 unspecified atom stereocenters. The normalized spacial score (nSPS) is 28.0. The summed E-state index contributed by atoms with van der Waals surface area (Å²) in [6, 6.07) is 5.37. The van der Waals surface area contributed by atoms with Gasteiger partial charge in [-0.15, -0.1) is 24.9 Å². The first-order chi connectivity index (χ1) is 19.7. The van der Waals surface area contributed by atoms with Crippen molar-refractivity contribution in [2.24, 2.45) is 17.8 Å². The van der Waals surface area contributed by atoms with E-state index in [9.17, 15) is 19.5 Å². The van der Waals surface area contributed by atoms with E-state index in [1.165, 1.54) is 0 Å². The number of ether oxygens (including phenoxy) is 1. The van der Waals surface area contributed by atoms with Gasteiger partial charge in [-0.3, -0.25) is 14.4 Å². The maximum Gasteiger partial charge on any atom is 0.310 e. The van der Waals surface area contributed by atoms with Crippen LogP contribution in [0.1, 0.15) is 63.0 Å². The number of hydrogen-bond donors (Lipinski definition) is 1. The van der Waals surface area contributed by atoms with Gasteiger partial charge in [-0.1, -0.05) is 31.2 Å². The number of carbonyl (C=O) groups is 3. The van der Waals surface area contributed by atoms with Crippen molar-refractivity contribution in [1.82, 2.24) is 4.90 Å². The molecule has 3 aliphatic rings. The van der Waals surface area contributed by atoms with Crippen LogP contribution in [0.15, 0.2) is 43.5 Å². The lowest BCUT2D eigenvalue weighted by molar-refractivity contribution is -0.154. The van der Waals surface area contributed by atoms with Gasteiger partial charge in [0.25, 0.3) is 5.91 Å². The Morgan fingerprint density at radius 1 is 1.17 bits per heavy atom. The maximum atomic E-state index is 14.8. The highest BCUT2D eigenvalue weighted by Gasteiger charge is 2.76. The number of allylic oxidation sites excluding steroid dienone is 1. The molecule has 0 aromatic heterocycles. The van der Waals surface area contributed by atoms with E-state index in [1.807, 2.05) is 38.1 Å². The number of aliphatic hydroxyl groups excluding tert-OH is 1. The number of amides is 2. The number of aliphatic hydroxyl groups is 1. The molecule has 3 fully saturated rings. The number of unbranched alkanes of at least 4 members (excludes halogenated alkanes) is 4. The number of fused-ring (bicyclic) bond motifs is 1. The molecular formula is C33H46N2O5S. The lowest BCUT2D eigenvalue weighted by Gasteiger charge is -2.40. The maximum absolute atomic E-state index is 14.8. The number of likely N-dealkylation sites (tertiary alicyclic amines) is 1. The summed E-state index contributed by atoms with van der Waals surface area (Å²) >= 11 is 1.68. The second-order valence-corrected chi connectivity index (χ2v) is 13.4. The van der Waals surface area contributed by atoms with Crippen molar-refractivity contribution >= 4 is 35.2 Å². The summed E-state index contributed by atoms with van der Waals surface area (Å²) in [7, 11) is 0. The zero-order chi connectivity index (χ0) is 29.7. The largest absolute Gasteiger partial charge is 0.465 e. The van der Waals surface area contributed by atoms with E-state index in [4.69, 9.17) is 4.74 Å². The van der Waals surface area contributed by atoms with Crippen molar-refractivity contribution in [3.8, 4) is 0 Å². The Labute approximate surface area is 249 Å². The molecule has 3 aliphatic heterocycles. The van der Waals surface area contributed by atoms with Gasteiger partial charge in [0, 0.05) is 30.6 Å². The fourth-order valence-electron chi connectivity index (χ4n) is 7.13. The lowest BCUT2D eigenvalue weighted by atomic mass is 9.66. The average molecular weight is 583 g/mol. The first-order valence-electron chi connectivity index (χ1n) is 15.1. The molecule has 1 aromatic carbocycles. The van der Waals surface area contributed by atoms with Crippen LogP contribution >= 0.6 is 11.8 Å². The third-order valence-corrected chi connectivity index (χ3v) is 11.2. The van der Waals surface area contributed by atoms with Crippen LogP contribution in [0, 0.1) is 31.6 Å². The summed E-state index contributed by atoms with van der Waals surface area (Å²) in [5.41, 5.74) is 2.85. The quantitative estimate of drug-likeness (QED) is 0.173. The fraction of sp³-hybridized carbons (Fsp3) is 0.606. The Kier molecular flexibility index (Phi) is 10.4. The van der Waals surface area contributed by atoms with Gasteiger partial charge in [0.1, 0.15) is 6.04 Å². The fourth-order valence-corrected chi connectivity index (χ4v) is 9.54. The number of nitrogens with zero attached hydrogens (tertiary/aromatic N) is 2. The first-order valence-corrected chi connectivity index (χ1v) is 16.0. The van der Waals surface area contributed by atoms with Gasteiger partial charge in [0.2, 0.25) is 5.91 Å². The molecule has 0 aliphatic carbocycles. The number of thioether (sulfide) groups is 1. The van der Waals surface area contributed by atoms with E-state index >= 15 is 0 Å². The van der Waals surface area contributed by atoms with Crippen molar-refractivity contribution in [2.45, 2.75) is 81.8 Å². The SMILES string of the molecule is C=CCCCCOC(=O)[C@@H]1[C@@H]2CC(C)C3(S2)C(C(=O)N(CC=C)c2cc(C)ccc2C)N(CCCCCO)C(=O)[C@H]13. The molecule has 6 atom stereocenters. The Bertz CT molecular complexity index is 1150. The van der Waals surface area contributed by atoms with Gasteiger partial charge in [0.05, 0.1) is 23.2 Å². The number of aryl methyl sites for hydroxylation is 2. The molecule has 3 saturated heterocycles. The van der Waals surface area contributed by atoms with E-state index < -0.39 is 22.6 Å². The van der Waals surface area contributed by atoms with Gasteiger partial charge < -0.3 is 19.6 Å². The van der Waals surface area contributed by atoms with Crippen molar-refractivity contribution < 1.29 is 24.2 Å². The highest BCUT2D eigenvalue weighted by molar-refractivity contribution is 8.02. The molecule has 8 heteroatoms. The van der Waals surface area contributed by atoms with Crippen LogP contribution in [0.5, 0.6) is 0 Å². The van der Waals surface area contributed by atoms with Crippen LogP contribution in [0.3, 0.4) is 0 Å². The standard InChI is InChI=1S/C33H46N2O5S/c1-6-8-9-13-19-40-32(39)27-26-21-24(5)33(41-26)28(27)30(37)35(17-11-10-12-18-36)29(33)31(38)34(16-7-2)25-20-22(3)14-15-23(25)4/h6-7,14-15,20,24,26-29,36H,1-2,8-13,16-19,21H2,3-5H3/t24?,26-,27+,28-,29?,33?/m0/s1. The highest BCUT2D eigenvalue weighted by atomic mass is 32.2. The van der Waals surface area contributed by atoms with Gasteiger partial charge in [0.15, 0.2) is 0 Å². The summed E-state index contributed by atoms with van der Waals surface area (Å²) in [5, 5.41) is 9.27. The van der Waals surface area contributed by atoms with Gasteiger partial charge >= 0.3 is 5.97 Å². The predicted molar refractivity (Wildman–Crippen MR) is 165 cm³/mol. The lowest BCUT2D eigenvalue weighted by Crippen LogP contribution is -2.57. The third kappa shape index (κ3) is 5.87. The van der Waals surface area contributed by atoms with Crippen molar-refractivity contribution in [3.63, 3.8) is 0 Å². The van der Waals surface area contributed by atoms with Crippen molar-refractivity contribution in [1.29, 1.82) is 0 Å². The summed E-state index contributed by atoms with van der Waals surface area (Å²) in [5.74, 6) is -1.58. The molecule has 7 nitrogen and oxygen atoms in total. The minimum absolute atomic E-state index is 0.0416. The van der Waals surface area contributed by atoms with E-state index in [0.29, 0.717) is 32.5 Å². The van der Waals surface area contributed by atoms with Gasteiger partial charge in [-0.25, -0.2) is 0 Å². The van der Waals surface area contributed by atoms with E-state index in [-0.39, 0.29) is 35.6 Å². The van der Waals surface area contributed by atoms with Crippen LogP contribution in [-0.4, -0.2) is 70.1 Å².